The Kier molecular flexibility index (Phi) is 3.78. The highest BCUT2D eigenvalue weighted by molar-refractivity contribution is 6.05. The van der Waals surface area contributed by atoms with Gasteiger partial charge in [-0.3, -0.25) is 9.78 Å². The molecule has 0 aliphatic carbocycles. The number of carbonyl (C=O) groups excluding carboxylic acids is 1. The number of fused-ring (bicyclic) bond motifs is 1. The molecule has 5 heteroatoms. The number of nitrogens with one attached hydrogen (secondary N) is 1. The van der Waals surface area contributed by atoms with Crippen LogP contribution in [0.5, 0.6) is 0 Å². The summed E-state index contributed by atoms with van der Waals surface area (Å²) in [6, 6.07) is 9.50. The molecule has 0 aliphatic heterocycles. The number of para-hydroxylation sites is 1. The van der Waals surface area contributed by atoms with Crippen molar-refractivity contribution in [2.24, 2.45) is 0 Å². The molecular formula is C17H16N4O. The van der Waals surface area contributed by atoms with Crippen LogP contribution in [0.25, 0.3) is 11.2 Å². The van der Waals surface area contributed by atoms with E-state index in [0.717, 1.165) is 11.3 Å². The second-order valence-electron chi connectivity index (χ2n) is 5.32. The van der Waals surface area contributed by atoms with Crippen molar-refractivity contribution in [1.29, 1.82) is 0 Å². The van der Waals surface area contributed by atoms with Crippen LogP contribution in [0.2, 0.25) is 0 Å². The quantitative estimate of drug-likeness (QED) is 0.803. The van der Waals surface area contributed by atoms with Gasteiger partial charge in [-0.1, -0.05) is 32.0 Å². The molecule has 2 aromatic heterocycles. The molecular weight excluding hydrogens is 276 g/mol. The lowest BCUT2D eigenvalue weighted by Crippen LogP contribution is -2.14. The van der Waals surface area contributed by atoms with Gasteiger partial charge in [-0.05, 0) is 23.6 Å². The molecule has 0 saturated heterocycles. The average Bonchev–Trinajstić information content (AvgIpc) is 2.54. The van der Waals surface area contributed by atoms with E-state index in [4.69, 9.17) is 0 Å². The summed E-state index contributed by atoms with van der Waals surface area (Å²) in [6.07, 6.45) is 4.68. The second kappa shape index (κ2) is 5.89. The normalized spacial score (nSPS) is 10.9. The largest absolute Gasteiger partial charge is 0.322 e. The Morgan fingerprint density at radius 1 is 1.09 bits per heavy atom. The molecule has 5 nitrogen and oxygen atoms in total. The zero-order valence-corrected chi connectivity index (χ0v) is 12.4. The summed E-state index contributed by atoms with van der Waals surface area (Å²) in [5, 5.41) is 2.95. The molecule has 0 radical (unpaired) electrons. The first-order valence-corrected chi connectivity index (χ1v) is 7.12. The van der Waals surface area contributed by atoms with E-state index in [1.165, 1.54) is 6.20 Å². The predicted octanol–water partition coefficient (Wildman–Crippen LogP) is 3.40. The first kappa shape index (κ1) is 14.1. The van der Waals surface area contributed by atoms with Crippen LogP contribution < -0.4 is 5.32 Å². The van der Waals surface area contributed by atoms with Crippen LogP contribution in [0.1, 0.15) is 35.7 Å². The van der Waals surface area contributed by atoms with Crippen LogP contribution in [0.15, 0.2) is 48.9 Å². The highest BCUT2D eigenvalue weighted by Crippen LogP contribution is 2.24. The lowest BCUT2D eigenvalue weighted by molar-refractivity contribution is 0.102. The number of hydrogen-bond acceptors (Lipinski definition) is 4. The van der Waals surface area contributed by atoms with Crippen molar-refractivity contribution >= 4 is 22.8 Å². The molecule has 1 amide bonds. The number of nitrogens with zero attached hydrogens (tertiary/aromatic N) is 3. The molecule has 0 aliphatic rings. The Hall–Kier alpha value is -2.82. The fraction of sp³-hybridized carbons (Fsp3) is 0.176. The molecule has 3 aromatic rings. The molecule has 1 N–H and O–H groups in total. The maximum absolute atomic E-state index is 12.4. The zero-order chi connectivity index (χ0) is 15.5. The number of pyridine rings is 1. The molecule has 0 atom stereocenters. The first-order chi connectivity index (χ1) is 10.6. The van der Waals surface area contributed by atoms with Crippen molar-refractivity contribution in [3.8, 4) is 0 Å². The maximum atomic E-state index is 12.4. The monoisotopic (exact) mass is 292 g/mol. The van der Waals surface area contributed by atoms with Crippen molar-refractivity contribution in [3.05, 3.63) is 60.0 Å². The predicted molar refractivity (Wildman–Crippen MR) is 85.8 cm³/mol. The smallest absolute Gasteiger partial charge is 0.257 e. The van der Waals surface area contributed by atoms with Gasteiger partial charge in [-0.2, -0.15) is 0 Å². The van der Waals surface area contributed by atoms with Crippen molar-refractivity contribution in [2.45, 2.75) is 19.8 Å². The summed E-state index contributed by atoms with van der Waals surface area (Å²) < 4.78 is 0. The summed E-state index contributed by atoms with van der Waals surface area (Å²) in [4.78, 5) is 24.9. The number of carbonyl (C=O) groups is 1. The van der Waals surface area contributed by atoms with Crippen molar-refractivity contribution in [2.75, 3.05) is 5.32 Å². The Balaban J connectivity index is 1.90. The van der Waals surface area contributed by atoms with Crippen molar-refractivity contribution in [1.82, 2.24) is 15.0 Å². The van der Waals surface area contributed by atoms with Gasteiger partial charge in [-0.25, -0.2) is 9.97 Å². The van der Waals surface area contributed by atoms with Gasteiger partial charge in [0.1, 0.15) is 5.52 Å². The minimum atomic E-state index is -0.201. The molecule has 0 spiro atoms. The van der Waals surface area contributed by atoms with Crippen LogP contribution >= 0.6 is 0 Å². The third-order valence-electron chi connectivity index (χ3n) is 3.42. The van der Waals surface area contributed by atoms with Gasteiger partial charge in [0.15, 0.2) is 5.65 Å². The van der Waals surface area contributed by atoms with Crippen molar-refractivity contribution < 1.29 is 4.79 Å². The van der Waals surface area contributed by atoms with Crippen LogP contribution in [0.3, 0.4) is 0 Å². The molecule has 2 heterocycles. The molecule has 3 rings (SSSR count). The van der Waals surface area contributed by atoms with E-state index < -0.39 is 0 Å². The maximum Gasteiger partial charge on any atom is 0.257 e. The van der Waals surface area contributed by atoms with Gasteiger partial charge in [0, 0.05) is 24.3 Å². The highest BCUT2D eigenvalue weighted by Gasteiger charge is 2.12. The van der Waals surface area contributed by atoms with E-state index >= 15 is 0 Å². The Bertz CT molecular complexity index is 830. The standard InChI is InChI=1S/C17H16N4O/c1-11(2)13-5-3-4-6-14(13)21-17(22)12-9-15-16(20-10-12)19-8-7-18-15/h3-11H,1-2H3,(H,21,22). The summed E-state index contributed by atoms with van der Waals surface area (Å²) in [5.74, 6) is 0.130. The fourth-order valence-corrected chi connectivity index (χ4v) is 2.29. The fourth-order valence-electron chi connectivity index (χ4n) is 2.29. The Labute approximate surface area is 128 Å². The summed E-state index contributed by atoms with van der Waals surface area (Å²) in [7, 11) is 0. The highest BCUT2D eigenvalue weighted by atomic mass is 16.1. The van der Waals surface area contributed by atoms with E-state index in [2.05, 4.69) is 34.1 Å². The number of rotatable bonds is 3. The molecule has 22 heavy (non-hydrogen) atoms. The summed E-state index contributed by atoms with van der Waals surface area (Å²) in [6.45, 7) is 4.19. The van der Waals surface area contributed by atoms with Crippen LogP contribution in [0, 0.1) is 0 Å². The minimum absolute atomic E-state index is 0.201. The van der Waals surface area contributed by atoms with E-state index in [-0.39, 0.29) is 5.91 Å². The average molecular weight is 292 g/mol. The number of benzene rings is 1. The lowest BCUT2D eigenvalue weighted by atomic mass is 10.0. The molecule has 0 unspecified atom stereocenters. The lowest BCUT2D eigenvalue weighted by Gasteiger charge is -2.13. The van der Waals surface area contributed by atoms with E-state index in [9.17, 15) is 4.79 Å². The Morgan fingerprint density at radius 3 is 2.68 bits per heavy atom. The second-order valence-corrected chi connectivity index (χ2v) is 5.32. The molecule has 0 fully saturated rings. The Morgan fingerprint density at radius 2 is 1.86 bits per heavy atom. The topological polar surface area (TPSA) is 67.8 Å². The van der Waals surface area contributed by atoms with Crippen molar-refractivity contribution in [3.63, 3.8) is 0 Å². The van der Waals surface area contributed by atoms with Crippen LogP contribution in [0.4, 0.5) is 5.69 Å². The van der Waals surface area contributed by atoms with Gasteiger partial charge in [0.2, 0.25) is 0 Å². The number of amides is 1. The van der Waals surface area contributed by atoms with Gasteiger partial charge in [-0.15, -0.1) is 0 Å². The zero-order valence-electron chi connectivity index (χ0n) is 12.4. The van der Waals surface area contributed by atoms with Crippen LogP contribution in [-0.4, -0.2) is 20.9 Å². The number of hydrogen-bond donors (Lipinski definition) is 1. The van der Waals surface area contributed by atoms with Gasteiger partial charge >= 0.3 is 0 Å². The van der Waals surface area contributed by atoms with Gasteiger partial charge in [0.25, 0.3) is 5.91 Å². The molecule has 0 bridgehead atoms. The minimum Gasteiger partial charge on any atom is -0.322 e. The van der Waals surface area contributed by atoms with Gasteiger partial charge < -0.3 is 5.32 Å². The first-order valence-electron chi connectivity index (χ1n) is 7.12. The SMILES string of the molecule is CC(C)c1ccccc1NC(=O)c1cnc2nccnc2c1. The van der Waals surface area contributed by atoms with E-state index in [0.29, 0.717) is 22.6 Å². The summed E-state index contributed by atoms with van der Waals surface area (Å²) in [5.41, 5.74) is 3.52. The number of anilines is 1. The van der Waals surface area contributed by atoms with E-state index in [1.54, 1.807) is 18.5 Å². The van der Waals surface area contributed by atoms with Crippen LogP contribution in [-0.2, 0) is 0 Å². The van der Waals surface area contributed by atoms with E-state index in [1.807, 2.05) is 24.3 Å². The molecule has 1 aromatic carbocycles. The third kappa shape index (κ3) is 2.79. The molecule has 0 saturated carbocycles. The summed E-state index contributed by atoms with van der Waals surface area (Å²) >= 11 is 0. The third-order valence-corrected chi connectivity index (χ3v) is 3.42. The number of aromatic nitrogens is 3. The molecule has 110 valence electrons. The van der Waals surface area contributed by atoms with Gasteiger partial charge in [0.05, 0.1) is 5.56 Å².